The van der Waals surface area contributed by atoms with Crippen LogP contribution < -0.4 is 4.74 Å². The molecule has 2 aliphatic heterocycles. The number of Topliss-reactive ketones (excluding diaryl/α,β-unsaturated/α-hetero) is 2. The highest BCUT2D eigenvalue weighted by Gasteiger charge is 2.42. The van der Waals surface area contributed by atoms with Crippen molar-refractivity contribution in [3.05, 3.63) is 52.0 Å². The first-order valence-corrected chi connectivity index (χ1v) is 9.61. The van der Waals surface area contributed by atoms with Crippen molar-refractivity contribution in [3.63, 3.8) is 0 Å². The van der Waals surface area contributed by atoms with E-state index >= 15 is 0 Å². The number of rotatable bonds is 1. The third kappa shape index (κ3) is 2.35. The zero-order chi connectivity index (χ0) is 17.8. The molecule has 5 rings (SSSR count). The van der Waals surface area contributed by atoms with Crippen molar-refractivity contribution in [3.8, 4) is 5.75 Å². The summed E-state index contributed by atoms with van der Waals surface area (Å²) >= 11 is 0. The maximum atomic E-state index is 12.8. The molecule has 2 heterocycles. The fourth-order valence-electron chi connectivity index (χ4n) is 4.77. The van der Waals surface area contributed by atoms with Crippen molar-refractivity contribution in [1.29, 1.82) is 0 Å². The molecule has 134 valence electrons. The van der Waals surface area contributed by atoms with E-state index in [0.29, 0.717) is 12.8 Å². The van der Waals surface area contributed by atoms with Gasteiger partial charge in [-0.2, -0.15) is 0 Å². The van der Waals surface area contributed by atoms with Gasteiger partial charge in [-0.15, -0.1) is 0 Å². The van der Waals surface area contributed by atoms with Crippen LogP contribution >= 0.6 is 0 Å². The summed E-state index contributed by atoms with van der Waals surface area (Å²) in [6.07, 6.45) is 5.36. The molecule has 0 saturated heterocycles. The second kappa shape index (κ2) is 5.83. The van der Waals surface area contributed by atoms with E-state index in [-0.39, 0.29) is 23.6 Å². The van der Waals surface area contributed by atoms with Crippen molar-refractivity contribution in [2.45, 2.75) is 63.9 Å². The van der Waals surface area contributed by atoms with Crippen LogP contribution in [-0.4, -0.2) is 17.7 Å². The number of hydrogen-bond donors (Lipinski definition) is 0. The maximum absolute atomic E-state index is 12.8. The highest BCUT2D eigenvalue weighted by Crippen LogP contribution is 2.48. The molecule has 26 heavy (non-hydrogen) atoms. The van der Waals surface area contributed by atoms with E-state index < -0.39 is 0 Å². The number of ketones is 2. The van der Waals surface area contributed by atoms with Crippen LogP contribution in [0.3, 0.4) is 0 Å². The lowest BCUT2D eigenvalue weighted by Crippen LogP contribution is -2.30. The Bertz CT molecular complexity index is 847. The summed E-state index contributed by atoms with van der Waals surface area (Å²) in [4.78, 5) is 25.6. The van der Waals surface area contributed by atoms with Gasteiger partial charge in [-0.05, 0) is 37.0 Å². The van der Waals surface area contributed by atoms with E-state index in [1.807, 2.05) is 12.1 Å². The Morgan fingerprint density at radius 1 is 0.923 bits per heavy atom. The largest absolute Gasteiger partial charge is 0.490 e. The third-order valence-electron chi connectivity index (χ3n) is 5.89. The molecule has 4 aliphatic rings. The summed E-state index contributed by atoms with van der Waals surface area (Å²) in [6, 6.07) is 6.14. The van der Waals surface area contributed by atoms with Crippen molar-refractivity contribution in [2.75, 3.05) is 0 Å². The molecule has 0 fully saturated rings. The highest BCUT2D eigenvalue weighted by atomic mass is 16.5. The van der Waals surface area contributed by atoms with Gasteiger partial charge in [0.15, 0.2) is 11.6 Å². The van der Waals surface area contributed by atoms with Crippen LogP contribution in [0.5, 0.6) is 5.75 Å². The van der Waals surface area contributed by atoms with Gasteiger partial charge in [-0.25, -0.2) is 0 Å². The van der Waals surface area contributed by atoms with Gasteiger partial charge in [0.25, 0.3) is 0 Å². The van der Waals surface area contributed by atoms with Crippen LogP contribution in [0.1, 0.15) is 62.5 Å². The molecular weight excluding hydrogens is 328 g/mol. The van der Waals surface area contributed by atoms with Crippen LogP contribution in [0.2, 0.25) is 0 Å². The minimum atomic E-state index is -0.268. The topological polar surface area (TPSA) is 52.6 Å². The number of allylic oxidation sites excluding steroid dienone is 4. The van der Waals surface area contributed by atoms with Gasteiger partial charge in [0.2, 0.25) is 0 Å². The average Bonchev–Trinajstić information content (AvgIpc) is 2.99. The number of carbonyl (C=O) groups is 2. The Hall–Kier alpha value is -2.36. The molecule has 0 bridgehead atoms. The van der Waals surface area contributed by atoms with E-state index in [2.05, 4.69) is 13.0 Å². The molecule has 0 N–H and O–H groups in total. The molecule has 0 radical (unpaired) electrons. The lowest BCUT2D eigenvalue weighted by Gasteiger charge is -2.36. The van der Waals surface area contributed by atoms with Gasteiger partial charge >= 0.3 is 0 Å². The second-order valence-corrected chi connectivity index (χ2v) is 7.76. The van der Waals surface area contributed by atoms with Gasteiger partial charge in [-0.3, -0.25) is 9.59 Å². The molecule has 1 atom stereocenters. The fourth-order valence-corrected chi connectivity index (χ4v) is 4.77. The van der Waals surface area contributed by atoms with Crippen molar-refractivity contribution in [2.24, 2.45) is 0 Å². The predicted octanol–water partition coefficient (Wildman–Crippen LogP) is 4.14. The number of benzene rings is 1. The van der Waals surface area contributed by atoms with Crippen LogP contribution in [0, 0.1) is 0 Å². The van der Waals surface area contributed by atoms with Gasteiger partial charge in [0.05, 0.1) is 0 Å². The van der Waals surface area contributed by atoms with Gasteiger partial charge in [-0.1, -0.05) is 12.1 Å². The summed E-state index contributed by atoms with van der Waals surface area (Å²) in [5.74, 6) is 2.50. The molecule has 0 saturated carbocycles. The van der Waals surface area contributed by atoms with Gasteiger partial charge < -0.3 is 9.47 Å². The smallest absolute Gasteiger partial charge is 0.163 e. The van der Waals surface area contributed by atoms with Gasteiger partial charge in [0, 0.05) is 49.2 Å². The fraction of sp³-hybridized carbons (Fsp3) is 0.455. The Morgan fingerprint density at radius 2 is 1.58 bits per heavy atom. The van der Waals surface area contributed by atoms with Crippen molar-refractivity contribution >= 4 is 11.6 Å². The molecule has 4 nitrogen and oxygen atoms in total. The first kappa shape index (κ1) is 15.9. The van der Waals surface area contributed by atoms with Crippen molar-refractivity contribution < 1.29 is 19.1 Å². The monoisotopic (exact) mass is 350 g/mol. The lowest BCUT2D eigenvalue weighted by atomic mass is 9.73. The minimum absolute atomic E-state index is 0.131. The maximum Gasteiger partial charge on any atom is 0.163 e. The molecule has 0 unspecified atom stereocenters. The van der Waals surface area contributed by atoms with Crippen LogP contribution in [-0.2, 0) is 20.7 Å². The molecule has 0 aromatic heterocycles. The van der Waals surface area contributed by atoms with Crippen LogP contribution in [0.15, 0.2) is 40.9 Å². The van der Waals surface area contributed by atoms with Gasteiger partial charge in [0.1, 0.15) is 23.4 Å². The van der Waals surface area contributed by atoms with E-state index in [0.717, 1.165) is 71.6 Å². The molecular formula is C22H22O4. The lowest BCUT2D eigenvalue weighted by molar-refractivity contribution is -0.117. The van der Waals surface area contributed by atoms with E-state index in [4.69, 9.17) is 9.47 Å². The Labute approximate surface area is 152 Å². The highest BCUT2D eigenvalue weighted by molar-refractivity contribution is 6.05. The first-order valence-electron chi connectivity index (χ1n) is 9.61. The number of ether oxygens (including phenoxy) is 2. The zero-order valence-electron chi connectivity index (χ0n) is 15.0. The second-order valence-electron chi connectivity index (χ2n) is 7.76. The number of fused-ring (bicyclic) bond motifs is 1. The molecule has 0 amide bonds. The quantitative estimate of drug-likeness (QED) is 0.764. The number of hydrogen-bond acceptors (Lipinski definition) is 4. The molecule has 1 aromatic carbocycles. The Morgan fingerprint density at radius 3 is 2.23 bits per heavy atom. The standard InChI is InChI=1S/C22H22O4/c1-12-10-14-11-13(8-9-17(14)25-12)20-21-15(23)4-2-6-18(21)26-19-7-3-5-16(24)22(19)20/h8-9,11-12,20H,2-7,10H2,1H3/t12-/m0/s1. The zero-order valence-corrected chi connectivity index (χ0v) is 15.0. The number of carbonyl (C=O) groups excluding carboxylic acids is 2. The molecule has 4 heteroatoms. The minimum Gasteiger partial charge on any atom is -0.490 e. The third-order valence-corrected chi connectivity index (χ3v) is 5.89. The molecule has 2 aliphatic carbocycles. The van der Waals surface area contributed by atoms with E-state index in [9.17, 15) is 9.59 Å². The summed E-state index contributed by atoms with van der Waals surface area (Å²) in [7, 11) is 0. The Balaban J connectivity index is 1.67. The summed E-state index contributed by atoms with van der Waals surface area (Å²) in [5, 5.41) is 0. The predicted molar refractivity (Wildman–Crippen MR) is 95.8 cm³/mol. The average molecular weight is 350 g/mol. The summed E-state index contributed by atoms with van der Waals surface area (Å²) in [5.41, 5.74) is 3.63. The van der Waals surface area contributed by atoms with E-state index in [1.54, 1.807) is 0 Å². The van der Waals surface area contributed by atoms with E-state index in [1.165, 1.54) is 0 Å². The Kier molecular flexibility index (Phi) is 3.56. The summed E-state index contributed by atoms with van der Waals surface area (Å²) in [6.45, 7) is 2.06. The molecule has 0 spiro atoms. The van der Waals surface area contributed by atoms with Crippen molar-refractivity contribution in [1.82, 2.24) is 0 Å². The van der Waals surface area contributed by atoms with Crippen LogP contribution in [0.25, 0.3) is 0 Å². The van der Waals surface area contributed by atoms with Crippen LogP contribution in [0.4, 0.5) is 0 Å². The normalized spacial score (nSPS) is 25.5. The molecule has 1 aromatic rings. The first-order chi connectivity index (χ1) is 12.6. The SMILES string of the molecule is C[C@H]1Cc2cc(C3C4=C(CCCC4=O)OC4=C3C(=O)CCC4)ccc2O1. The summed E-state index contributed by atoms with van der Waals surface area (Å²) < 4.78 is 11.9.